The van der Waals surface area contributed by atoms with Crippen LogP contribution in [0.1, 0.15) is 86.8 Å². The van der Waals surface area contributed by atoms with E-state index in [4.69, 9.17) is 18.9 Å². The Morgan fingerprint density at radius 2 is 1.00 bits per heavy atom. The predicted molar refractivity (Wildman–Crippen MR) is 238 cm³/mol. The third kappa shape index (κ3) is 18.4. The number of nitrogens with one attached hydrogen (secondary N) is 2. The molecule has 3 atom stereocenters. The Hall–Kier alpha value is -5.90. The van der Waals surface area contributed by atoms with Crippen molar-refractivity contribution in [2.24, 2.45) is 5.92 Å². The summed E-state index contributed by atoms with van der Waals surface area (Å²) in [7, 11) is 0. The van der Waals surface area contributed by atoms with Crippen LogP contribution in [-0.4, -0.2) is 60.6 Å². The van der Waals surface area contributed by atoms with Gasteiger partial charge in [0.15, 0.2) is 0 Å². The van der Waals surface area contributed by atoms with Crippen molar-refractivity contribution in [2.45, 2.75) is 112 Å². The van der Waals surface area contributed by atoms with Gasteiger partial charge in [0.05, 0.1) is 25.2 Å². The molecule has 0 saturated heterocycles. The number of carbonyl (C=O) groups is 4. The second-order valence-corrected chi connectivity index (χ2v) is 16.6. The van der Waals surface area contributed by atoms with Gasteiger partial charge in [0, 0.05) is 11.6 Å². The van der Waals surface area contributed by atoms with E-state index in [1.54, 1.807) is 26.8 Å². The smallest absolute Gasteiger partial charge is 0.408 e. The van der Waals surface area contributed by atoms with Crippen molar-refractivity contribution in [3.63, 3.8) is 0 Å². The zero-order valence-corrected chi connectivity index (χ0v) is 37.0. The van der Waals surface area contributed by atoms with E-state index < -0.39 is 35.4 Å². The van der Waals surface area contributed by atoms with Gasteiger partial charge in [-0.15, -0.1) is 0 Å². The molecule has 0 spiro atoms. The fourth-order valence-electron chi connectivity index (χ4n) is 6.17. The van der Waals surface area contributed by atoms with Crippen LogP contribution in [0.3, 0.4) is 0 Å². The fourth-order valence-corrected chi connectivity index (χ4v) is 6.17. The third-order valence-electron chi connectivity index (χ3n) is 8.86. The molecule has 0 aliphatic heterocycles. The Labute approximate surface area is 357 Å². The van der Waals surface area contributed by atoms with E-state index in [2.05, 4.69) is 71.3 Å². The minimum Gasteiger partial charge on any atom is -0.466 e. The van der Waals surface area contributed by atoms with Crippen LogP contribution in [0.25, 0.3) is 22.3 Å². The summed E-state index contributed by atoms with van der Waals surface area (Å²) in [4.78, 5) is 48.7. The van der Waals surface area contributed by atoms with E-state index in [-0.39, 0.29) is 17.9 Å². The van der Waals surface area contributed by atoms with Gasteiger partial charge in [-0.2, -0.15) is 0 Å². The second kappa shape index (κ2) is 23.6. The van der Waals surface area contributed by atoms with Crippen molar-refractivity contribution in [1.29, 1.82) is 0 Å². The number of amides is 2. The number of hydrogen-bond acceptors (Lipinski definition) is 8. The van der Waals surface area contributed by atoms with E-state index in [0.717, 1.165) is 33.4 Å². The molecule has 10 nitrogen and oxygen atoms in total. The van der Waals surface area contributed by atoms with Crippen LogP contribution >= 0.6 is 0 Å². The van der Waals surface area contributed by atoms with E-state index >= 15 is 0 Å². The number of rotatable bonds is 15. The molecule has 4 aromatic rings. The number of ether oxygens (including phenoxy) is 4. The van der Waals surface area contributed by atoms with E-state index in [1.165, 1.54) is 0 Å². The molecule has 322 valence electrons. The van der Waals surface area contributed by atoms with Crippen LogP contribution in [0, 0.1) is 5.92 Å². The van der Waals surface area contributed by atoms with Crippen LogP contribution in [0.4, 0.5) is 9.59 Å². The number of carbonyl (C=O) groups excluding carboxylic acids is 4. The second-order valence-electron chi connectivity index (χ2n) is 16.6. The normalized spacial score (nSPS) is 13.0. The SMILES string of the molecule is CCOC(=O)/C(C)=C/[C@@H](Cc1ccc(-c2ccccc2)cc1)NC(=O)OC(C)(C)C.CCOC(=O)C(C)C[C@@H](Cc1ccc(-c2ccccc2)cc1)NC(=O)OC(C)(C)C. The maximum Gasteiger partial charge on any atom is 0.408 e. The summed E-state index contributed by atoms with van der Waals surface area (Å²) in [5, 5.41) is 5.78. The van der Waals surface area contributed by atoms with Crippen molar-refractivity contribution >= 4 is 24.1 Å². The molecular weight excluding hydrogens is 757 g/mol. The third-order valence-corrected chi connectivity index (χ3v) is 8.86. The summed E-state index contributed by atoms with van der Waals surface area (Å²) in [6, 6.07) is 36.1. The highest BCUT2D eigenvalue weighted by atomic mass is 16.6. The van der Waals surface area contributed by atoms with Crippen LogP contribution in [0.2, 0.25) is 0 Å². The number of esters is 2. The lowest BCUT2D eigenvalue weighted by atomic mass is 9.95. The monoisotopic (exact) mass is 820 g/mol. The first kappa shape index (κ1) is 48.5. The Morgan fingerprint density at radius 1 is 0.583 bits per heavy atom. The first-order valence-corrected chi connectivity index (χ1v) is 20.7. The first-order chi connectivity index (χ1) is 28.3. The van der Waals surface area contributed by atoms with Gasteiger partial charge in [-0.05, 0) is 115 Å². The lowest BCUT2D eigenvalue weighted by Gasteiger charge is -2.25. The molecule has 2 amide bonds. The minimum atomic E-state index is -0.605. The molecule has 0 heterocycles. The Kier molecular flexibility index (Phi) is 19.1. The molecule has 0 bridgehead atoms. The molecule has 60 heavy (non-hydrogen) atoms. The topological polar surface area (TPSA) is 129 Å². The number of alkyl carbamates (subject to hydrolysis) is 2. The van der Waals surface area contributed by atoms with Crippen molar-refractivity contribution in [2.75, 3.05) is 13.2 Å². The van der Waals surface area contributed by atoms with E-state index in [0.29, 0.717) is 38.0 Å². The van der Waals surface area contributed by atoms with Gasteiger partial charge in [-0.25, -0.2) is 14.4 Å². The van der Waals surface area contributed by atoms with E-state index in [9.17, 15) is 19.2 Å². The molecule has 4 rings (SSSR count). The van der Waals surface area contributed by atoms with Gasteiger partial charge in [0.25, 0.3) is 0 Å². The summed E-state index contributed by atoms with van der Waals surface area (Å²) in [5.41, 5.74) is 5.92. The maximum atomic E-state index is 12.3. The Morgan fingerprint density at radius 3 is 1.43 bits per heavy atom. The molecule has 0 aromatic heterocycles. The van der Waals surface area contributed by atoms with Gasteiger partial charge in [-0.3, -0.25) is 4.79 Å². The maximum absolute atomic E-state index is 12.3. The predicted octanol–water partition coefficient (Wildman–Crippen LogP) is 10.7. The molecule has 10 heteroatoms. The average molecular weight is 821 g/mol. The van der Waals surface area contributed by atoms with Crippen LogP contribution in [0.5, 0.6) is 0 Å². The molecule has 1 unspecified atom stereocenters. The van der Waals surface area contributed by atoms with Crippen LogP contribution in [-0.2, 0) is 41.4 Å². The number of benzene rings is 4. The van der Waals surface area contributed by atoms with Crippen LogP contribution in [0.15, 0.2) is 121 Å². The molecular formula is C50H64N2O8. The molecule has 0 aliphatic rings. The summed E-state index contributed by atoms with van der Waals surface area (Å²) >= 11 is 0. The first-order valence-electron chi connectivity index (χ1n) is 20.7. The lowest BCUT2D eigenvalue weighted by molar-refractivity contribution is -0.147. The Bertz CT molecular complexity index is 1960. The molecule has 0 radical (unpaired) electrons. The molecule has 2 N–H and O–H groups in total. The molecule has 0 aliphatic carbocycles. The lowest BCUT2D eigenvalue weighted by Crippen LogP contribution is -2.41. The zero-order valence-electron chi connectivity index (χ0n) is 37.0. The van der Waals surface area contributed by atoms with E-state index in [1.807, 2.05) is 97.0 Å². The minimum absolute atomic E-state index is 0.248. The van der Waals surface area contributed by atoms with Gasteiger partial charge in [-0.1, -0.05) is 122 Å². The van der Waals surface area contributed by atoms with Crippen molar-refractivity contribution < 1.29 is 38.1 Å². The molecule has 0 saturated carbocycles. The van der Waals surface area contributed by atoms with Gasteiger partial charge in [0.2, 0.25) is 0 Å². The largest absolute Gasteiger partial charge is 0.466 e. The highest BCUT2D eigenvalue weighted by Crippen LogP contribution is 2.22. The van der Waals surface area contributed by atoms with Crippen molar-refractivity contribution in [3.05, 3.63) is 132 Å². The highest BCUT2D eigenvalue weighted by Gasteiger charge is 2.25. The van der Waals surface area contributed by atoms with Gasteiger partial charge >= 0.3 is 24.1 Å². The van der Waals surface area contributed by atoms with Gasteiger partial charge in [0.1, 0.15) is 11.2 Å². The number of hydrogen-bond donors (Lipinski definition) is 2. The quantitative estimate of drug-likeness (QED) is 0.0689. The van der Waals surface area contributed by atoms with Gasteiger partial charge < -0.3 is 29.6 Å². The van der Waals surface area contributed by atoms with Crippen molar-refractivity contribution in [1.82, 2.24) is 10.6 Å². The Balaban J connectivity index is 0.000000320. The standard InChI is InChI=1S/C25H33NO4.C25H31NO4/c2*1-6-29-23(27)18(2)16-22(26-24(28)30-25(3,4)5)17-19-12-14-21(15-13-19)20-10-8-7-9-11-20/h7-15,18,22H,6,16-17H2,1-5H3,(H,26,28);7-16,22H,6,17H2,1-5H3,(H,26,28)/b;18-16+/t18?,22-;22-/m00/s1. The summed E-state index contributed by atoms with van der Waals surface area (Å²) in [6.07, 6.45) is 2.29. The fraction of sp³-hybridized carbons (Fsp3) is 0.400. The average Bonchev–Trinajstić information content (AvgIpc) is 3.18. The highest BCUT2D eigenvalue weighted by molar-refractivity contribution is 5.88. The molecule has 0 fully saturated rings. The summed E-state index contributed by atoms with van der Waals surface area (Å²) in [6.45, 7) is 18.6. The summed E-state index contributed by atoms with van der Waals surface area (Å²) < 4.78 is 21.0. The van der Waals surface area contributed by atoms with Crippen LogP contribution < -0.4 is 10.6 Å². The zero-order chi connectivity index (χ0) is 44.3. The molecule has 4 aromatic carbocycles. The summed E-state index contributed by atoms with van der Waals surface area (Å²) in [5.74, 6) is -0.977. The van der Waals surface area contributed by atoms with Crippen molar-refractivity contribution in [3.8, 4) is 22.3 Å².